The lowest BCUT2D eigenvalue weighted by Gasteiger charge is -2.05. The molecule has 0 fully saturated rings. The van der Waals surface area contributed by atoms with Crippen LogP contribution in [0.3, 0.4) is 0 Å². The highest BCUT2D eigenvalue weighted by Crippen LogP contribution is 2.36. The van der Waals surface area contributed by atoms with Crippen molar-refractivity contribution in [3.8, 4) is 16.9 Å². The summed E-state index contributed by atoms with van der Waals surface area (Å²) in [6, 6.07) is 12.7. The fourth-order valence-corrected chi connectivity index (χ4v) is 3.07. The number of carbonyl (C=O) groups excluding carboxylic acids is 1. The second kappa shape index (κ2) is 7.89. The molecule has 0 aliphatic rings. The molecule has 29 heavy (non-hydrogen) atoms. The Morgan fingerprint density at radius 2 is 2.00 bits per heavy atom. The largest absolute Gasteiger partial charge is 0.494 e. The topological polar surface area (TPSA) is 77.2 Å². The number of anilines is 1. The summed E-state index contributed by atoms with van der Waals surface area (Å²) in [5.41, 5.74) is 3.26. The number of amides is 1. The molecule has 4 rings (SSSR count). The van der Waals surface area contributed by atoms with Gasteiger partial charge in [0.2, 0.25) is 0 Å². The van der Waals surface area contributed by atoms with Crippen molar-refractivity contribution in [1.82, 2.24) is 9.97 Å². The molecule has 2 heterocycles. The zero-order valence-electron chi connectivity index (χ0n) is 15.3. The fourth-order valence-electron chi connectivity index (χ4n) is 2.92. The van der Waals surface area contributed by atoms with E-state index in [1.165, 1.54) is 25.4 Å². The average Bonchev–Trinajstić information content (AvgIpc) is 3.17. The van der Waals surface area contributed by atoms with Gasteiger partial charge in [0.15, 0.2) is 11.1 Å². The average molecular weight is 412 g/mol. The van der Waals surface area contributed by atoms with Crippen LogP contribution in [-0.2, 0) is 5.88 Å². The summed E-state index contributed by atoms with van der Waals surface area (Å²) < 4.78 is 24.5. The zero-order chi connectivity index (χ0) is 20.4. The number of nitrogens with zero attached hydrogens (tertiary/aromatic N) is 2. The van der Waals surface area contributed by atoms with Gasteiger partial charge in [-0.05, 0) is 42.0 Å². The molecule has 0 radical (unpaired) electrons. The summed E-state index contributed by atoms with van der Waals surface area (Å²) in [5.74, 6) is -0.0591. The van der Waals surface area contributed by atoms with Crippen molar-refractivity contribution in [2.45, 2.75) is 5.88 Å². The third-order valence-electron chi connectivity index (χ3n) is 4.32. The lowest BCUT2D eigenvalue weighted by atomic mass is 10.0. The van der Waals surface area contributed by atoms with Crippen LogP contribution in [0.15, 0.2) is 59.1 Å². The van der Waals surface area contributed by atoms with Gasteiger partial charge in [-0.2, -0.15) is 4.98 Å². The number of halogens is 2. The molecule has 0 atom stereocenters. The molecule has 1 amide bonds. The van der Waals surface area contributed by atoms with Crippen LogP contribution in [0.5, 0.6) is 5.75 Å². The standard InChI is InChI=1S/C21H15ClFN3O3/c1-28-17-7-6-16(12-2-4-14(23)5-3-12)19-18(17)25-21(29-19)26-20(27)13-8-9-24-15(10-13)11-22/h2-10H,11H2,1H3,(H,25,26,27). The van der Waals surface area contributed by atoms with E-state index >= 15 is 0 Å². The van der Waals surface area contributed by atoms with Crippen LogP contribution >= 0.6 is 11.6 Å². The van der Waals surface area contributed by atoms with Crippen molar-refractivity contribution >= 4 is 34.6 Å². The van der Waals surface area contributed by atoms with Crippen LogP contribution in [0.4, 0.5) is 10.4 Å². The number of nitrogens with one attached hydrogen (secondary N) is 1. The molecule has 4 aromatic rings. The Balaban J connectivity index is 1.73. The summed E-state index contributed by atoms with van der Waals surface area (Å²) in [7, 11) is 1.52. The van der Waals surface area contributed by atoms with Gasteiger partial charge in [-0.1, -0.05) is 12.1 Å². The molecule has 0 unspecified atom stereocenters. The van der Waals surface area contributed by atoms with Gasteiger partial charge in [0.05, 0.1) is 18.7 Å². The van der Waals surface area contributed by atoms with E-state index in [0.717, 1.165) is 5.56 Å². The van der Waals surface area contributed by atoms with Gasteiger partial charge in [0, 0.05) is 17.3 Å². The third kappa shape index (κ3) is 3.77. The monoisotopic (exact) mass is 411 g/mol. The summed E-state index contributed by atoms with van der Waals surface area (Å²) in [6.07, 6.45) is 1.51. The lowest BCUT2D eigenvalue weighted by molar-refractivity contribution is 0.102. The molecule has 1 N–H and O–H groups in total. The SMILES string of the molecule is COc1ccc(-c2ccc(F)cc2)c2oc(NC(=O)c3ccnc(CCl)c3)nc12. The van der Waals surface area contributed by atoms with Crippen molar-refractivity contribution in [2.24, 2.45) is 0 Å². The molecule has 0 saturated carbocycles. The van der Waals surface area contributed by atoms with Crippen LogP contribution < -0.4 is 10.1 Å². The van der Waals surface area contributed by atoms with Crippen LogP contribution in [-0.4, -0.2) is 23.0 Å². The minimum Gasteiger partial charge on any atom is -0.494 e. The molecule has 2 aromatic heterocycles. The number of oxazole rings is 1. The van der Waals surface area contributed by atoms with E-state index in [9.17, 15) is 9.18 Å². The quantitative estimate of drug-likeness (QED) is 0.466. The lowest BCUT2D eigenvalue weighted by Crippen LogP contribution is -2.12. The normalized spacial score (nSPS) is 10.9. The van der Waals surface area contributed by atoms with Gasteiger partial charge in [0.25, 0.3) is 5.91 Å². The zero-order valence-corrected chi connectivity index (χ0v) is 16.0. The Bertz CT molecular complexity index is 1190. The van der Waals surface area contributed by atoms with Crippen LogP contribution in [0.25, 0.3) is 22.2 Å². The van der Waals surface area contributed by atoms with Gasteiger partial charge in [-0.25, -0.2) is 4.39 Å². The van der Waals surface area contributed by atoms with Crippen molar-refractivity contribution < 1.29 is 18.3 Å². The molecule has 0 saturated heterocycles. The van der Waals surface area contributed by atoms with E-state index in [-0.39, 0.29) is 17.7 Å². The maximum Gasteiger partial charge on any atom is 0.302 e. The van der Waals surface area contributed by atoms with Crippen LogP contribution in [0.1, 0.15) is 16.1 Å². The smallest absolute Gasteiger partial charge is 0.302 e. The molecule has 6 nitrogen and oxygen atoms in total. The molecular weight excluding hydrogens is 397 g/mol. The molecule has 0 spiro atoms. The first-order valence-corrected chi connectivity index (χ1v) is 9.18. The Morgan fingerprint density at radius 1 is 1.21 bits per heavy atom. The van der Waals surface area contributed by atoms with Gasteiger partial charge in [-0.3, -0.25) is 15.1 Å². The summed E-state index contributed by atoms with van der Waals surface area (Å²) in [6.45, 7) is 0. The number of pyridine rings is 1. The van der Waals surface area contributed by atoms with Crippen molar-refractivity contribution in [2.75, 3.05) is 12.4 Å². The second-order valence-corrected chi connectivity index (χ2v) is 6.41. The highest BCUT2D eigenvalue weighted by molar-refractivity contribution is 6.17. The highest BCUT2D eigenvalue weighted by Gasteiger charge is 2.18. The number of ether oxygens (including phenoxy) is 1. The number of carbonyl (C=O) groups is 1. The van der Waals surface area contributed by atoms with E-state index in [0.29, 0.717) is 33.7 Å². The highest BCUT2D eigenvalue weighted by atomic mass is 35.5. The minimum atomic E-state index is -0.410. The first kappa shape index (κ1) is 18.9. The predicted molar refractivity (Wildman–Crippen MR) is 108 cm³/mol. The molecule has 8 heteroatoms. The molecule has 0 aliphatic heterocycles. The van der Waals surface area contributed by atoms with E-state index in [1.807, 2.05) is 0 Å². The number of rotatable bonds is 5. The minimum absolute atomic E-state index is 0.0158. The Labute approximate surface area is 170 Å². The Kier molecular flexibility index (Phi) is 5.14. The predicted octanol–water partition coefficient (Wildman–Crippen LogP) is 5.03. The van der Waals surface area contributed by atoms with E-state index in [1.54, 1.807) is 36.4 Å². The van der Waals surface area contributed by atoms with Gasteiger partial charge in [0.1, 0.15) is 11.6 Å². The number of alkyl halides is 1. The molecule has 2 aromatic carbocycles. The molecular formula is C21H15ClFN3O3. The maximum atomic E-state index is 13.3. The third-order valence-corrected chi connectivity index (χ3v) is 4.59. The second-order valence-electron chi connectivity index (χ2n) is 6.14. The van der Waals surface area contributed by atoms with E-state index < -0.39 is 5.91 Å². The summed E-state index contributed by atoms with van der Waals surface area (Å²) >= 11 is 5.77. The Morgan fingerprint density at radius 3 is 2.72 bits per heavy atom. The number of aromatic nitrogens is 2. The van der Waals surface area contributed by atoms with Crippen LogP contribution in [0, 0.1) is 5.82 Å². The maximum absolute atomic E-state index is 13.3. The number of fused-ring (bicyclic) bond motifs is 1. The van der Waals surface area contributed by atoms with Gasteiger partial charge in [-0.15, -0.1) is 11.6 Å². The first-order chi connectivity index (χ1) is 14.1. The first-order valence-electron chi connectivity index (χ1n) is 8.64. The van der Waals surface area contributed by atoms with E-state index in [4.69, 9.17) is 20.8 Å². The number of hydrogen-bond donors (Lipinski definition) is 1. The Hall–Kier alpha value is -3.45. The van der Waals surface area contributed by atoms with Crippen molar-refractivity contribution in [3.63, 3.8) is 0 Å². The van der Waals surface area contributed by atoms with E-state index in [2.05, 4.69) is 15.3 Å². The number of methoxy groups -OCH3 is 1. The summed E-state index contributed by atoms with van der Waals surface area (Å²) in [5, 5.41) is 2.63. The molecule has 146 valence electrons. The van der Waals surface area contributed by atoms with Gasteiger partial charge >= 0.3 is 6.01 Å². The molecule has 0 aliphatic carbocycles. The fraction of sp³-hybridized carbons (Fsp3) is 0.0952. The number of hydrogen-bond acceptors (Lipinski definition) is 5. The van der Waals surface area contributed by atoms with Crippen LogP contribution in [0.2, 0.25) is 0 Å². The van der Waals surface area contributed by atoms with Gasteiger partial charge < -0.3 is 9.15 Å². The van der Waals surface area contributed by atoms with Crippen molar-refractivity contribution in [1.29, 1.82) is 0 Å². The summed E-state index contributed by atoms with van der Waals surface area (Å²) in [4.78, 5) is 21.0. The molecule has 0 bridgehead atoms. The number of benzene rings is 2. The van der Waals surface area contributed by atoms with Crippen molar-refractivity contribution in [3.05, 3.63) is 71.8 Å².